The Morgan fingerprint density at radius 1 is 1.03 bits per heavy atom. The molecular formula is C24H32N2O3S. The number of hydrogen-bond acceptors (Lipinski definition) is 5. The SMILES string of the molecule is O=C(c1sc2ccccc2c1[C@@H]1CN(CC2CCCCC2)CCO1)N1CCOCC1. The molecule has 0 bridgehead atoms. The van der Waals surface area contributed by atoms with Gasteiger partial charge in [-0.05, 0) is 30.2 Å². The minimum atomic E-state index is -0.0292. The molecule has 2 aromatic rings. The van der Waals surface area contributed by atoms with Crippen molar-refractivity contribution in [2.45, 2.75) is 38.2 Å². The molecule has 0 N–H and O–H groups in total. The highest BCUT2D eigenvalue weighted by molar-refractivity contribution is 7.21. The third-order valence-corrected chi connectivity index (χ3v) is 8.01. The maximum absolute atomic E-state index is 13.4. The van der Waals surface area contributed by atoms with Crippen LogP contribution in [0, 0.1) is 5.92 Å². The topological polar surface area (TPSA) is 42.0 Å². The molecule has 2 saturated heterocycles. The highest BCUT2D eigenvalue weighted by Crippen LogP contribution is 2.39. The fraction of sp³-hybridized carbons (Fsp3) is 0.625. The lowest BCUT2D eigenvalue weighted by Gasteiger charge is -2.36. The summed E-state index contributed by atoms with van der Waals surface area (Å²) in [5.41, 5.74) is 1.11. The molecule has 6 heteroatoms. The largest absolute Gasteiger partial charge is 0.378 e. The second-order valence-corrected chi connectivity index (χ2v) is 9.92. The average molecular weight is 429 g/mol. The number of carbonyl (C=O) groups excluding carboxylic acids is 1. The molecule has 1 atom stereocenters. The Bertz CT molecular complexity index is 870. The van der Waals surface area contributed by atoms with E-state index in [2.05, 4.69) is 29.2 Å². The van der Waals surface area contributed by atoms with E-state index in [1.165, 1.54) is 48.7 Å². The van der Waals surface area contributed by atoms with Crippen molar-refractivity contribution >= 4 is 27.3 Å². The fourth-order valence-corrected chi connectivity index (χ4v) is 6.45. The molecule has 1 saturated carbocycles. The van der Waals surface area contributed by atoms with Gasteiger partial charge in [0.1, 0.15) is 0 Å². The Balaban J connectivity index is 1.41. The molecule has 162 valence electrons. The number of nitrogens with zero attached hydrogens (tertiary/aromatic N) is 2. The van der Waals surface area contributed by atoms with Gasteiger partial charge in [0.15, 0.2) is 0 Å². The zero-order chi connectivity index (χ0) is 20.3. The number of carbonyl (C=O) groups is 1. The summed E-state index contributed by atoms with van der Waals surface area (Å²) in [6, 6.07) is 8.41. The summed E-state index contributed by atoms with van der Waals surface area (Å²) < 4.78 is 12.9. The molecule has 3 fully saturated rings. The van der Waals surface area contributed by atoms with E-state index in [0.717, 1.165) is 36.1 Å². The van der Waals surface area contributed by atoms with Crippen LogP contribution in [0.15, 0.2) is 24.3 Å². The standard InChI is InChI=1S/C24H32N2O3S/c27-24(26-11-13-28-14-12-26)23-22(19-8-4-5-9-21(19)30-23)20-17-25(10-15-29-20)16-18-6-2-1-3-7-18/h4-5,8-9,18,20H,1-3,6-7,10-17H2/t20-/m0/s1. The van der Waals surface area contributed by atoms with Gasteiger partial charge in [0.2, 0.25) is 0 Å². The third-order valence-electron chi connectivity index (χ3n) is 6.84. The molecule has 1 aromatic carbocycles. The van der Waals surface area contributed by atoms with E-state index in [-0.39, 0.29) is 12.0 Å². The summed E-state index contributed by atoms with van der Waals surface area (Å²) in [6.45, 7) is 6.41. The molecule has 2 aliphatic heterocycles. The lowest BCUT2D eigenvalue weighted by Crippen LogP contribution is -2.43. The van der Waals surface area contributed by atoms with Crippen LogP contribution >= 0.6 is 11.3 Å². The number of benzene rings is 1. The molecule has 3 heterocycles. The zero-order valence-corrected chi connectivity index (χ0v) is 18.5. The highest BCUT2D eigenvalue weighted by Gasteiger charge is 2.32. The van der Waals surface area contributed by atoms with Crippen molar-refractivity contribution in [3.63, 3.8) is 0 Å². The number of rotatable bonds is 4. The highest BCUT2D eigenvalue weighted by atomic mass is 32.1. The third kappa shape index (κ3) is 4.28. The van der Waals surface area contributed by atoms with Crippen molar-refractivity contribution in [2.75, 3.05) is 52.5 Å². The van der Waals surface area contributed by atoms with Crippen molar-refractivity contribution in [1.29, 1.82) is 0 Å². The Morgan fingerprint density at radius 3 is 2.67 bits per heavy atom. The lowest BCUT2D eigenvalue weighted by molar-refractivity contribution is -0.0355. The monoisotopic (exact) mass is 428 g/mol. The summed E-state index contributed by atoms with van der Waals surface area (Å²) >= 11 is 1.63. The van der Waals surface area contributed by atoms with E-state index < -0.39 is 0 Å². The van der Waals surface area contributed by atoms with Crippen molar-refractivity contribution in [3.8, 4) is 0 Å². The van der Waals surface area contributed by atoms with E-state index in [1.54, 1.807) is 11.3 Å². The van der Waals surface area contributed by atoms with Gasteiger partial charge in [-0.15, -0.1) is 11.3 Å². The van der Waals surface area contributed by atoms with Gasteiger partial charge in [-0.1, -0.05) is 37.5 Å². The summed E-state index contributed by atoms with van der Waals surface area (Å²) in [7, 11) is 0. The van der Waals surface area contributed by atoms with Gasteiger partial charge in [-0.25, -0.2) is 0 Å². The van der Waals surface area contributed by atoms with Crippen molar-refractivity contribution < 1.29 is 14.3 Å². The Morgan fingerprint density at radius 2 is 1.83 bits per heavy atom. The number of amides is 1. The summed E-state index contributed by atoms with van der Waals surface area (Å²) in [6.07, 6.45) is 6.86. The Hall–Kier alpha value is -1.47. The van der Waals surface area contributed by atoms with Crippen molar-refractivity contribution in [2.24, 2.45) is 5.92 Å². The number of morpholine rings is 2. The summed E-state index contributed by atoms with van der Waals surface area (Å²) in [5.74, 6) is 0.966. The minimum Gasteiger partial charge on any atom is -0.378 e. The molecule has 3 aliphatic rings. The van der Waals surface area contributed by atoms with Crippen LogP contribution in [0.3, 0.4) is 0 Å². The predicted octanol–water partition coefficient (Wildman–Crippen LogP) is 4.33. The molecule has 1 aliphatic carbocycles. The lowest BCUT2D eigenvalue weighted by atomic mass is 9.88. The molecular weight excluding hydrogens is 396 g/mol. The molecule has 0 radical (unpaired) electrons. The van der Waals surface area contributed by atoms with Crippen LogP contribution in [0.2, 0.25) is 0 Å². The first-order valence-corrected chi connectivity index (χ1v) is 12.3. The Kier molecular flexibility index (Phi) is 6.37. The minimum absolute atomic E-state index is 0.0292. The van der Waals surface area contributed by atoms with E-state index in [9.17, 15) is 4.79 Å². The summed E-state index contributed by atoms with van der Waals surface area (Å²) in [5, 5.41) is 1.18. The molecule has 1 aromatic heterocycles. The van der Waals surface area contributed by atoms with Gasteiger partial charge in [0.05, 0.1) is 30.8 Å². The molecule has 0 spiro atoms. The first-order chi connectivity index (χ1) is 14.8. The first-order valence-electron chi connectivity index (χ1n) is 11.5. The number of fused-ring (bicyclic) bond motifs is 1. The molecule has 0 unspecified atom stereocenters. The second kappa shape index (κ2) is 9.35. The van der Waals surface area contributed by atoms with Crippen LogP contribution in [0.4, 0.5) is 0 Å². The quantitative estimate of drug-likeness (QED) is 0.727. The van der Waals surface area contributed by atoms with Crippen LogP contribution in [-0.4, -0.2) is 68.3 Å². The van der Waals surface area contributed by atoms with Gasteiger partial charge in [0, 0.05) is 43.0 Å². The predicted molar refractivity (Wildman–Crippen MR) is 120 cm³/mol. The van der Waals surface area contributed by atoms with E-state index in [4.69, 9.17) is 9.47 Å². The summed E-state index contributed by atoms with van der Waals surface area (Å²) in [4.78, 5) is 18.8. The average Bonchev–Trinajstić information content (AvgIpc) is 3.20. The maximum Gasteiger partial charge on any atom is 0.264 e. The Labute approximate surface area is 182 Å². The van der Waals surface area contributed by atoms with E-state index in [1.807, 2.05) is 4.90 Å². The van der Waals surface area contributed by atoms with Gasteiger partial charge < -0.3 is 14.4 Å². The van der Waals surface area contributed by atoms with E-state index in [0.29, 0.717) is 26.3 Å². The van der Waals surface area contributed by atoms with Crippen LogP contribution in [0.25, 0.3) is 10.1 Å². The van der Waals surface area contributed by atoms with Gasteiger partial charge in [-0.2, -0.15) is 0 Å². The van der Waals surface area contributed by atoms with Crippen LogP contribution in [0.5, 0.6) is 0 Å². The molecule has 30 heavy (non-hydrogen) atoms. The maximum atomic E-state index is 13.4. The van der Waals surface area contributed by atoms with Crippen molar-refractivity contribution in [3.05, 3.63) is 34.7 Å². The van der Waals surface area contributed by atoms with Crippen LogP contribution in [0.1, 0.15) is 53.4 Å². The molecule has 5 rings (SSSR count). The van der Waals surface area contributed by atoms with Gasteiger partial charge in [0.25, 0.3) is 5.91 Å². The number of thiophene rings is 1. The zero-order valence-electron chi connectivity index (χ0n) is 17.7. The van der Waals surface area contributed by atoms with Crippen molar-refractivity contribution in [1.82, 2.24) is 9.80 Å². The molecule has 5 nitrogen and oxygen atoms in total. The van der Waals surface area contributed by atoms with E-state index >= 15 is 0 Å². The van der Waals surface area contributed by atoms with Gasteiger partial charge in [-0.3, -0.25) is 9.69 Å². The fourth-order valence-electron chi connectivity index (χ4n) is 5.23. The smallest absolute Gasteiger partial charge is 0.264 e. The van der Waals surface area contributed by atoms with Crippen LogP contribution < -0.4 is 0 Å². The first kappa shape index (κ1) is 20.4. The molecule has 1 amide bonds. The second-order valence-electron chi connectivity index (χ2n) is 8.87. The van der Waals surface area contributed by atoms with Crippen LogP contribution in [-0.2, 0) is 9.47 Å². The van der Waals surface area contributed by atoms with Gasteiger partial charge >= 0.3 is 0 Å². The number of hydrogen-bond donors (Lipinski definition) is 0. The normalized spacial score (nSPS) is 24.4. The number of ether oxygens (including phenoxy) is 2.